The van der Waals surface area contributed by atoms with Crippen LogP contribution in [0.25, 0.3) is 0 Å². The molecule has 2 amide bonds. The molecule has 0 spiro atoms. The standard InChI is InChI=1S/C20H37F2N3O2/c1-4-16(10-11-17(21)22)19(23-2)20(27)25(3)14-6-5-7-18(26)24-13-12-15-8-9-15/h15-17,19,23H,4-14H2,1-3H3,(H,24,26). The molecule has 2 unspecified atom stereocenters. The zero-order valence-corrected chi connectivity index (χ0v) is 17.1. The molecule has 1 aliphatic carbocycles. The minimum absolute atomic E-state index is 0.0625. The number of hydrogen-bond acceptors (Lipinski definition) is 3. The van der Waals surface area contributed by atoms with Crippen LogP contribution in [0.15, 0.2) is 0 Å². The normalized spacial score (nSPS) is 16.2. The maximum Gasteiger partial charge on any atom is 0.239 e. The SMILES string of the molecule is CCC(CCC(F)F)C(NC)C(=O)N(C)CCCCC(=O)NCCC1CC1. The van der Waals surface area contributed by atoms with Gasteiger partial charge in [-0.2, -0.15) is 0 Å². The van der Waals surface area contributed by atoms with Gasteiger partial charge in [0.1, 0.15) is 0 Å². The molecule has 2 N–H and O–H groups in total. The van der Waals surface area contributed by atoms with Gasteiger partial charge in [0.05, 0.1) is 6.04 Å². The number of halogens is 2. The summed E-state index contributed by atoms with van der Waals surface area (Å²) in [7, 11) is 3.44. The first-order valence-electron chi connectivity index (χ1n) is 10.4. The molecule has 7 heteroatoms. The number of nitrogens with one attached hydrogen (secondary N) is 2. The van der Waals surface area contributed by atoms with Crippen LogP contribution in [0.3, 0.4) is 0 Å². The van der Waals surface area contributed by atoms with E-state index in [2.05, 4.69) is 10.6 Å². The third kappa shape index (κ3) is 10.0. The first-order chi connectivity index (χ1) is 12.9. The Labute approximate surface area is 162 Å². The molecule has 158 valence electrons. The summed E-state index contributed by atoms with van der Waals surface area (Å²) in [4.78, 5) is 26.1. The number of nitrogens with zero attached hydrogens (tertiary/aromatic N) is 1. The molecular weight excluding hydrogens is 352 g/mol. The van der Waals surface area contributed by atoms with E-state index < -0.39 is 12.5 Å². The summed E-state index contributed by atoms with van der Waals surface area (Å²) in [6, 6.07) is -0.440. The van der Waals surface area contributed by atoms with Crippen molar-refractivity contribution in [3.63, 3.8) is 0 Å². The van der Waals surface area contributed by atoms with Crippen molar-refractivity contribution in [3.05, 3.63) is 0 Å². The first-order valence-corrected chi connectivity index (χ1v) is 10.4. The van der Waals surface area contributed by atoms with Crippen LogP contribution in [0, 0.1) is 11.8 Å². The lowest BCUT2D eigenvalue weighted by Gasteiger charge is -2.29. The second-order valence-electron chi connectivity index (χ2n) is 7.70. The molecule has 0 aliphatic heterocycles. The van der Waals surface area contributed by atoms with Crippen LogP contribution >= 0.6 is 0 Å². The van der Waals surface area contributed by atoms with Crippen molar-refractivity contribution in [2.24, 2.45) is 11.8 Å². The maximum absolute atomic E-state index is 12.7. The summed E-state index contributed by atoms with van der Waals surface area (Å²) in [5, 5.41) is 5.95. The Kier molecular flexibility index (Phi) is 11.5. The molecule has 5 nitrogen and oxygen atoms in total. The topological polar surface area (TPSA) is 61.4 Å². The van der Waals surface area contributed by atoms with Crippen LogP contribution < -0.4 is 10.6 Å². The van der Waals surface area contributed by atoms with E-state index in [9.17, 15) is 18.4 Å². The molecule has 0 aromatic carbocycles. The summed E-state index contributed by atoms with van der Waals surface area (Å²) >= 11 is 0. The van der Waals surface area contributed by atoms with Gasteiger partial charge in [-0.3, -0.25) is 9.59 Å². The molecule has 0 aromatic heterocycles. The zero-order chi connectivity index (χ0) is 20.2. The Morgan fingerprint density at radius 3 is 2.44 bits per heavy atom. The number of unbranched alkanes of at least 4 members (excludes halogenated alkanes) is 1. The fraction of sp³-hybridized carbons (Fsp3) is 0.900. The van der Waals surface area contributed by atoms with Gasteiger partial charge >= 0.3 is 0 Å². The van der Waals surface area contributed by atoms with Gasteiger partial charge in [0, 0.05) is 33.0 Å². The predicted octanol–water partition coefficient (Wildman–Crippen LogP) is 3.19. The molecule has 1 fully saturated rings. The number of alkyl halides is 2. The number of hydrogen-bond donors (Lipinski definition) is 2. The van der Waals surface area contributed by atoms with Gasteiger partial charge in [0.15, 0.2) is 0 Å². The second-order valence-corrected chi connectivity index (χ2v) is 7.70. The largest absolute Gasteiger partial charge is 0.356 e. The van der Waals surface area contributed by atoms with Crippen LogP contribution in [0.4, 0.5) is 8.78 Å². The van der Waals surface area contributed by atoms with Crippen LogP contribution in [0.2, 0.25) is 0 Å². The van der Waals surface area contributed by atoms with Crippen LogP contribution in [0.1, 0.15) is 64.7 Å². The average molecular weight is 390 g/mol. The van der Waals surface area contributed by atoms with E-state index in [0.717, 1.165) is 31.7 Å². The molecule has 27 heavy (non-hydrogen) atoms. The number of carbonyl (C=O) groups excluding carboxylic acids is 2. The van der Waals surface area contributed by atoms with Gasteiger partial charge in [-0.1, -0.05) is 26.2 Å². The van der Waals surface area contributed by atoms with Crippen molar-refractivity contribution in [2.45, 2.75) is 77.2 Å². The molecule has 0 radical (unpaired) electrons. The van der Waals surface area contributed by atoms with Crippen LogP contribution in [0.5, 0.6) is 0 Å². The van der Waals surface area contributed by atoms with Crippen LogP contribution in [-0.2, 0) is 9.59 Å². The summed E-state index contributed by atoms with van der Waals surface area (Å²) in [5.41, 5.74) is 0. The van der Waals surface area contributed by atoms with E-state index in [-0.39, 0.29) is 24.2 Å². The minimum atomic E-state index is -2.33. The Morgan fingerprint density at radius 1 is 1.19 bits per heavy atom. The quantitative estimate of drug-likeness (QED) is 0.423. The Morgan fingerprint density at radius 2 is 1.89 bits per heavy atom. The van der Waals surface area contributed by atoms with E-state index in [1.54, 1.807) is 19.0 Å². The Hall–Kier alpha value is -1.24. The average Bonchev–Trinajstić information content (AvgIpc) is 3.45. The van der Waals surface area contributed by atoms with Gasteiger partial charge in [-0.05, 0) is 44.6 Å². The highest BCUT2D eigenvalue weighted by molar-refractivity contribution is 5.82. The van der Waals surface area contributed by atoms with Gasteiger partial charge in [0.2, 0.25) is 18.2 Å². The highest BCUT2D eigenvalue weighted by Crippen LogP contribution is 2.31. The fourth-order valence-electron chi connectivity index (χ4n) is 3.40. The lowest BCUT2D eigenvalue weighted by molar-refractivity contribution is -0.133. The molecule has 0 bridgehead atoms. The highest BCUT2D eigenvalue weighted by atomic mass is 19.3. The van der Waals surface area contributed by atoms with Gasteiger partial charge < -0.3 is 15.5 Å². The van der Waals surface area contributed by atoms with Crippen molar-refractivity contribution < 1.29 is 18.4 Å². The van der Waals surface area contributed by atoms with E-state index in [1.807, 2.05) is 6.92 Å². The molecule has 1 aliphatic rings. The molecule has 0 saturated heterocycles. The number of carbonyl (C=O) groups is 2. The third-order valence-electron chi connectivity index (χ3n) is 5.42. The Bertz CT molecular complexity index is 445. The molecule has 0 heterocycles. The molecule has 0 aromatic rings. The zero-order valence-electron chi connectivity index (χ0n) is 17.1. The summed E-state index contributed by atoms with van der Waals surface area (Å²) in [6.45, 7) is 3.26. The van der Waals surface area contributed by atoms with E-state index in [0.29, 0.717) is 25.8 Å². The van der Waals surface area contributed by atoms with Crippen molar-refractivity contribution in [3.8, 4) is 0 Å². The third-order valence-corrected chi connectivity index (χ3v) is 5.42. The maximum atomic E-state index is 12.7. The van der Waals surface area contributed by atoms with E-state index >= 15 is 0 Å². The van der Waals surface area contributed by atoms with Gasteiger partial charge in [-0.25, -0.2) is 8.78 Å². The van der Waals surface area contributed by atoms with Crippen molar-refractivity contribution in [1.29, 1.82) is 0 Å². The number of likely N-dealkylation sites (N-methyl/N-ethyl adjacent to an activating group) is 2. The molecular formula is C20H37F2N3O2. The first kappa shape index (κ1) is 23.8. The molecule has 2 atom stereocenters. The van der Waals surface area contributed by atoms with Crippen molar-refractivity contribution in [2.75, 3.05) is 27.2 Å². The fourth-order valence-corrected chi connectivity index (χ4v) is 3.40. The second kappa shape index (κ2) is 13.0. The van der Waals surface area contributed by atoms with Gasteiger partial charge in [0.25, 0.3) is 0 Å². The Balaban J connectivity index is 2.25. The van der Waals surface area contributed by atoms with Gasteiger partial charge in [-0.15, -0.1) is 0 Å². The number of amides is 2. The minimum Gasteiger partial charge on any atom is -0.356 e. The smallest absolute Gasteiger partial charge is 0.239 e. The molecule has 1 saturated carbocycles. The van der Waals surface area contributed by atoms with Crippen molar-refractivity contribution >= 4 is 11.8 Å². The summed E-state index contributed by atoms with van der Waals surface area (Å²) in [5.74, 6) is 0.734. The predicted molar refractivity (Wildman–Crippen MR) is 104 cm³/mol. The highest BCUT2D eigenvalue weighted by Gasteiger charge is 2.28. The monoisotopic (exact) mass is 389 g/mol. The van der Waals surface area contributed by atoms with E-state index in [1.165, 1.54) is 12.8 Å². The van der Waals surface area contributed by atoms with Crippen molar-refractivity contribution in [1.82, 2.24) is 15.5 Å². The van der Waals surface area contributed by atoms with E-state index in [4.69, 9.17) is 0 Å². The lowest BCUT2D eigenvalue weighted by Crippen LogP contribution is -2.48. The summed E-state index contributed by atoms with van der Waals surface area (Å²) in [6.07, 6.45) is 4.15. The molecule has 1 rings (SSSR count). The lowest BCUT2D eigenvalue weighted by atomic mass is 9.91. The van der Waals surface area contributed by atoms with Crippen LogP contribution in [-0.4, -0.2) is 56.4 Å². The number of rotatable bonds is 15. The summed E-state index contributed by atoms with van der Waals surface area (Å²) < 4.78 is 25.0.